The first-order valence-corrected chi connectivity index (χ1v) is 11.8. The smallest absolute Gasteiger partial charge is 0.241 e. The van der Waals surface area contributed by atoms with E-state index in [0.29, 0.717) is 36.8 Å². The van der Waals surface area contributed by atoms with Gasteiger partial charge in [-0.15, -0.1) is 0 Å². The van der Waals surface area contributed by atoms with Crippen molar-refractivity contribution in [3.05, 3.63) is 35.7 Å². The Hall–Kier alpha value is -2.25. The molecule has 7 heteroatoms. The van der Waals surface area contributed by atoms with Gasteiger partial charge < -0.3 is 9.42 Å². The van der Waals surface area contributed by atoms with Gasteiger partial charge in [0.15, 0.2) is 0 Å². The molecule has 2 aliphatic rings. The number of nitrogens with zero attached hydrogens (tertiary/aromatic N) is 5. The van der Waals surface area contributed by atoms with Gasteiger partial charge in [-0.2, -0.15) is 4.98 Å². The zero-order valence-corrected chi connectivity index (χ0v) is 18.9. The molecule has 0 radical (unpaired) electrons. The number of aryl methyl sites for hydroxylation is 1. The van der Waals surface area contributed by atoms with Crippen LogP contribution in [0.3, 0.4) is 0 Å². The van der Waals surface area contributed by atoms with Crippen LogP contribution in [0.2, 0.25) is 0 Å². The molecule has 4 rings (SSSR count). The van der Waals surface area contributed by atoms with E-state index in [1.165, 1.54) is 37.7 Å². The number of hydrogen-bond donors (Lipinski definition) is 0. The normalized spacial score (nSPS) is 18.9. The maximum Gasteiger partial charge on any atom is 0.241 e. The molecule has 1 aliphatic carbocycles. The molecule has 7 nitrogen and oxygen atoms in total. The molecule has 2 aromatic rings. The summed E-state index contributed by atoms with van der Waals surface area (Å²) in [7, 11) is 0. The summed E-state index contributed by atoms with van der Waals surface area (Å²) in [6.07, 6.45) is 6.17. The van der Waals surface area contributed by atoms with Crippen molar-refractivity contribution in [1.82, 2.24) is 24.8 Å². The third-order valence-electron chi connectivity index (χ3n) is 6.64. The number of benzene rings is 1. The maximum atomic E-state index is 12.9. The third-order valence-corrected chi connectivity index (χ3v) is 6.64. The second-order valence-corrected chi connectivity index (χ2v) is 8.90. The lowest BCUT2D eigenvalue weighted by molar-refractivity contribution is -0.135. The molecule has 31 heavy (non-hydrogen) atoms. The summed E-state index contributed by atoms with van der Waals surface area (Å²) < 4.78 is 5.48. The summed E-state index contributed by atoms with van der Waals surface area (Å²) in [6.45, 7) is 9.80. The van der Waals surface area contributed by atoms with E-state index < -0.39 is 0 Å². The molecule has 1 saturated carbocycles. The Morgan fingerprint density at radius 3 is 2.42 bits per heavy atom. The molecule has 1 aromatic carbocycles. The van der Waals surface area contributed by atoms with Crippen LogP contribution in [0.15, 0.2) is 28.8 Å². The van der Waals surface area contributed by atoms with Gasteiger partial charge in [-0.25, -0.2) is 0 Å². The monoisotopic (exact) mass is 425 g/mol. The summed E-state index contributed by atoms with van der Waals surface area (Å²) in [5.74, 6) is 1.58. The number of rotatable bonds is 7. The van der Waals surface area contributed by atoms with Crippen LogP contribution in [0.4, 0.5) is 0 Å². The molecule has 2 heterocycles. The first-order valence-electron chi connectivity index (χ1n) is 11.8. The molecule has 0 bridgehead atoms. The number of carbonyl (C=O) groups is 1. The molecule has 1 saturated heterocycles. The fraction of sp³-hybridized carbons (Fsp3) is 0.625. The Labute approximate surface area is 185 Å². The minimum atomic E-state index is 0.294. The zero-order valence-electron chi connectivity index (χ0n) is 18.9. The number of likely N-dealkylation sites (N-methyl/N-ethyl adjacent to an activating group) is 1. The van der Waals surface area contributed by atoms with Gasteiger partial charge in [-0.3, -0.25) is 14.6 Å². The summed E-state index contributed by atoms with van der Waals surface area (Å²) >= 11 is 0. The van der Waals surface area contributed by atoms with E-state index in [1.807, 2.05) is 12.1 Å². The lowest BCUT2D eigenvalue weighted by Gasteiger charge is -2.37. The number of hydrogen-bond acceptors (Lipinski definition) is 6. The maximum absolute atomic E-state index is 12.9. The molecule has 2 fully saturated rings. The lowest BCUT2D eigenvalue weighted by Crippen LogP contribution is -2.51. The number of carbonyl (C=O) groups excluding carboxylic acids is 1. The Balaban J connectivity index is 1.24. The Bertz CT molecular complexity index is 836. The van der Waals surface area contributed by atoms with E-state index in [9.17, 15) is 4.79 Å². The van der Waals surface area contributed by atoms with Crippen LogP contribution in [-0.2, 0) is 11.3 Å². The number of aromatic nitrogens is 2. The van der Waals surface area contributed by atoms with E-state index in [1.54, 1.807) is 0 Å². The summed E-state index contributed by atoms with van der Waals surface area (Å²) in [4.78, 5) is 24.2. The van der Waals surface area contributed by atoms with Crippen LogP contribution < -0.4 is 0 Å². The first-order chi connectivity index (χ1) is 15.1. The van der Waals surface area contributed by atoms with Crippen molar-refractivity contribution in [3.63, 3.8) is 0 Å². The van der Waals surface area contributed by atoms with E-state index in [4.69, 9.17) is 4.52 Å². The van der Waals surface area contributed by atoms with Crippen LogP contribution in [0.5, 0.6) is 0 Å². The summed E-state index contributed by atoms with van der Waals surface area (Å²) in [5.41, 5.74) is 2.19. The highest BCUT2D eigenvalue weighted by Gasteiger charge is 2.27. The number of piperazine rings is 1. The molecule has 168 valence electrons. The lowest BCUT2D eigenvalue weighted by atomic mass is 9.94. The second kappa shape index (κ2) is 10.4. The third kappa shape index (κ3) is 5.71. The fourth-order valence-electron chi connectivity index (χ4n) is 4.75. The highest BCUT2D eigenvalue weighted by Crippen LogP contribution is 2.23. The molecule has 0 N–H and O–H groups in total. The van der Waals surface area contributed by atoms with Gasteiger partial charge in [-0.1, -0.05) is 54.2 Å². The molecule has 0 spiro atoms. The molecule has 1 aromatic heterocycles. The predicted octanol–water partition coefficient (Wildman–Crippen LogP) is 3.34. The van der Waals surface area contributed by atoms with E-state index in [0.717, 1.165) is 38.3 Å². The quantitative estimate of drug-likeness (QED) is 0.678. The van der Waals surface area contributed by atoms with E-state index in [-0.39, 0.29) is 0 Å². The minimum absolute atomic E-state index is 0.294. The van der Waals surface area contributed by atoms with Crippen molar-refractivity contribution in [3.8, 4) is 11.4 Å². The van der Waals surface area contributed by atoms with Crippen LogP contribution in [0.1, 0.15) is 50.5 Å². The Morgan fingerprint density at radius 1 is 1.06 bits per heavy atom. The Morgan fingerprint density at radius 2 is 1.74 bits per heavy atom. The number of amides is 1. The van der Waals surface area contributed by atoms with Crippen molar-refractivity contribution in [2.24, 2.45) is 0 Å². The van der Waals surface area contributed by atoms with Gasteiger partial charge in [0.25, 0.3) is 0 Å². The topological polar surface area (TPSA) is 65.7 Å². The van der Waals surface area contributed by atoms with E-state index >= 15 is 0 Å². The van der Waals surface area contributed by atoms with Crippen LogP contribution >= 0.6 is 0 Å². The summed E-state index contributed by atoms with van der Waals surface area (Å²) in [6, 6.07) is 8.60. The van der Waals surface area contributed by atoms with E-state index in [2.05, 4.69) is 50.8 Å². The van der Waals surface area contributed by atoms with Crippen molar-refractivity contribution >= 4 is 5.91 Å². The highest BCUT2D eigenvalue weighted by molar-refractivity contribution is 5.78. The van der Waals surface area contributed by atoms with Crippen molar-refractivity contribution in [2.75, 3.05) is 39.3 Å². The molecule has 1 amide bonds. The van der Waals surface area contributed by atoms with Crippen molar-refractivity contribution in [1.29, 1.82) is 0 Å². The molecule has 0 atom stereocenters. The zero-order chi connectivity index (χ0) is 21.6. The van der Waals surface area contributed by atoms with Crippen molar-refractivity contribution < 1.29 is 9.32 Å². The predicted molar refractivity (Wildman–Crippen MR) is 120 cm³/mol. The van der Waals surface area contributed by atoms with Crippen molar-refractivity contribution in [2.45, 2.75) is 58.5 Å². The second-order valence-electron chi connectivity index (χ2n) is 8.90. The minimum Gasteiger partial charge on any atom is -0.339 e. The van der Waals surface area contributed by atoms with Gasteiger partial charge in [-0.05, 0) is 26.7 Å². The molecule has 0 unspecified atom stereocenters. The van der Waals surface area contributed by atoms with Gasteiger partial charge in [0.1, 0.15) is 0 Å². The molecular weight excluding hydrogens is 390 g/mol. The fourth-order valence-corrected chi connectivity index (χ4v) is 4.75. The molecule has 1 aliphatic heterocycles. The largest absolute Gasteiger partial charge is 0.339 e. The van der Waals surface area contributed by atoms with Gasteiger partial charge in [0.05, 0.1) is 13.1 Å². The van der Waals surface area contributed by atoms with Crippen LogP contribution in [0, 0.1) is 6.92 Å². The highest BCUT2D eigenvalue weighted by atomic mass is 16.5. The molecular formula is C24H35N5O2. The SMILES string of the molecule is CCN(C(=O)CN1CCN(Cc2nc(-c3ccc(C)cc3)no2)CC1)C1CCCCC1. The van der Waals surface area contributed by atoms with Gasteiger partial charge in [0, 0.05) is 44.3 Å². The standard InChI is InChI=1S/C24H35N5O2/c1-3-29(21-7-5-4-6-8-21)23(30)18-28-15-13-27(14-16-28)17-22-25-24(26-31-22)20-11-9-19(2)10-12-20/h9-12,21H,3-8,13-18H2,1-2H3. The van der Waals surface area contributed by atoms with Gasteiger partial charge >= 0.3 is 0 Å². The first kappa shape index (κ1) is 22.0. The average Bonchev–Trinajstić information content (AvgIpc) is 3.25. The van der Waals surface area contributed by atoms with Gasteiger partial charge in [0.2, 0.25) is 17.6 Å². The Kier molecular flexibility index (Phi) is 7.35. The average molecular weight is 426 g/mol. The van der Waals surface area contributed by atoms with Crippen LogP contribution in [-0.4, -0.2) is 76.1 Å². The van der Waals surface area contributed by atoms with Crippen LogP contribution in [0.25, 0.3) is 11.4 Å². The summed E-state index contributed by atoms with van der Waals surface area (Å²) in [5, 5.41) is 4.14.